The van der Waals surface area contributed by atoms with Crippen molar-refractivity contribution in [1.82, 2.24) is 14.6 Å². The van der Waals surface area contributed by atoms with E-state index in [1.807, 2.05) is 29.2 Å². The molecule has 0 atom stereocenters. The third kappa shape index (κ3) is 1.37. The highest BCUT2D eigenvalue weighted by atomic mass is 15.2. The molecule has 0 aromatic carbocycles. The SMILES string of the molecule is c1cc(-c2ccn3nccc3c2)c2c(n1)CCC2. The van der Waals surface area contributed by atoms with E-state index in [1.54, 1.807) is 0 Å². The van der Waals surface area contributed by atoms with Crippen molar-refractivity contribution >= 4 is 5.52 Å². The van der Waals surface area contributed by atoms with E-state index in [2.05, 4.69) is 28.3 Å². The molecule has 4 rings (SSSR count). The van der Waals surface area contributed by atoms with Gasteiger partial charge in [-0.3, -0.25) is 4.98 Å². The Morgan fingerprint density at radius 3 is 3.06 bits per heavy atom. The van der Waals surface area contributed by atoms with Crippen molar-refractivity contribution in [2.24, 2.45) is 0 Å². The van der Waals surface area contributed by atoms with Gasteiger partial charge in [-0.15, -0.1) is 0 Å². The van der Waals surface area contributed by atoms with Crippen molar-refractivity contribution in [3.8, 4) is 11.1 Å². The van der Waals surface area contributed by atoms with Gasteiger partial charge in [0.25, 0.3) is 0 Å². The Balaban J connectivity index is 1.94. The molecule has 0 saturated heterocycles. The van der Waals surface area contributed by atoms with Gasteiger partial charge in [-0.25, -0.2) is 4.52 Å². The van der Waals surface area contributed by atoms with Crippen molar-refractivity contribution in [2.45, 2.75) is 19.3 Å². The second kappa shape index (κ2) is 3.67. The zero-order valence-electron chi connectivity index (χ0n) is 10.0. The molecule has 0 N–H and O–H groups in total. The van der Waals surface area contributed by atoms with Gasteiger partial charge < -0.3 is 0 Å². The molecule has 0 fully saturated rings. The summed E-state index contributed by atoms with van der Waals surface area (Å²) in [6, 6.07) is 8.49. The van der Waals surface area contributed by atoms with Crippen LogP contribution in [0.15, 0.2) is 42.9 Å². The highest BCUT2D eigenvalue weighted by Crippen LogP contribution is 2.31. The first kappa shape index (κ1) is 9.83. The van der Waals surface area contributed by atoms with Crippen LogP contribution >= 0.6 is 0 Å². The van der Waals surface area contributed by atoms with Crippen LogP contribution in [-0.2, 0) is 12.8 Å². The molecule has 0 bridgehead atoms. The van der Waals surface area contributed by atoms with Gasteiger partial charge in [0.15, 0.2) is 0 Å². The molecule has 1 aliphatic carbocycles. The van der Waals surface area contributed by atoms with Gasteiger partial charge in [0.1, 0.15) is 0 Å². The van der Waals surface area contributed by atoms with Crippen LogP contribution in [0.25, 0.3) is 16.6 Å². The van der Waals surface area contributed by atoms with E-state index >= 15 is 0 Å². The van der Waals surface area contributed by atoms with Gasteiger partial charge in [-0.1, -0.05) is 0 Å². The molecule has 0 amide bonds. The van der Waals surface area contributed by atoms with Crippen molar-refractivity contribution in [3.63, 3.8) is 0 Å². The molecular weight excluding hydrogens is 222 g/mol. The zero-order chi connectivity index (χ0) is 11.9. The molecule has 88 valence electrons. The van der Waals surface area contributed by atoms with E-state index in [0.717, 1.165) is 18.4 Å². The fourth-order valence-electron chi connectivity index (χ4n) is 2.82. The Bertz CT molecular complexity index is 727. The lowest BCUT2D eigenvalue weighted by Crippen LogP contribution is -1.93. The number of aromatic nitrogens is 3. The van der Waals surface area contributed by atoms with Gasteiger partial charge in [-0.2, -0.15) is 5.10 Å². The highest BCUT2D eigenvalue weighted by Gasteiger charge is 2.16. The summed E-state index contributed by atoms with van der Waals surface area (Å²) >= 11 is 0. The summed E-state index contributed by atoms with van der Waals surface area (Å²) in [7, 11) is 0. The van der Waals surface area contributed by atoms with E-state index in [4.69, 9.17) is 0 Å². The summed E-state index contributed by atoms with van der Waals surface area (Å²) in [6.45, 7) is 0. The largest absolute Gasteiger partial charge is 0.261 e. The average Bonchev–Trinajstić information content (AvgIpc) is 3.05. The minimum absolute atomic E-state index is 1.12. The van der Waals surface area contributed by atoms with Gasteiger partial charge in [0.05, 0.1) is 5.52 Å². The lowest BCUT2D eigenvalue weighted by molar-refractivity contribution is 0.899. The number of nitrogens with zero attached hydrogens (tertiary/aromatic N) is 3. The Labute approximate surface area is 105 Å². The molecule has 0 saturated carbocycles. The average molecular weight is 235 g/mol. The molecule has 18 heavy (non-hydrogen) atoms. The third-order valence-corrected chi connectivity index (χ3v) is 3.70. The Hall–Kier alpha value is -2.16. The molecule has 3 heterocycles. The normalized spacial score (nSPS) is 14.0. The molecule has 0 spiro atoms. The lowest BCUT2D eigenvalue weighted by atomic mass is 10.0. The Morgan fingerprint density at radius 2 is 2.06 bits per heavy atom. The summed E-state index contributed by atoms with van der Waals surface area (Å²) in [4.78, 5) is 4.48. The van der Waals surface area contributed by atoms with Crippen LogP contribution in [0.2, 0.25) is 0 Å². The summed E-state index contributed by atoms with van der Waals surface area (Å²) < 4.78 is 1.89. The summed E-state index contributed by atoms with van der Waals surface area (Å²) in [5.41, 5.74) is 6.45. The van der Waals surface area contributed by atoms with E-state index in [-0.39, 0.29) is 0 Å². The summed E-state index contributed by atoms with van der Waals surface area (Å²) in [5.74, 6) is 0. The van der Waals surface area contributed by atoms with E-state index in [9.17, 15) is 0 Å². The first-order valence-electron chi connectivity index (χ1n) is 6.32. The first-order chi connectivity index (χ1) is 8.92. The maximum absolute atomic E-state index is 4.48. The van der Waals surface area contributed by atoms with Crippen LogP contribution in [0.4, 0.5) is 0 Å². The van der Waals surface area contributed by atoms with Gasteiger partial charge in [0, 0.05) is 24.3 Å². The molecule has 0 unspecified atom stereocenters. The quantitative estimate of drug-likeness (QED) is 0.649. The number of rotatable bonds is 1. The predicted molar refractivity (Wildman–Crippen MR) is 70.4 cm³/mol. The van der Waals surface area contributed by atoms with Crippen LogP contribution in [0, 0.1) is 0 Å². The maximum atomic E-state index is 4.48. The van der Waals surface area contributed by atoms with Crippen molar-refractivity contribution in [1.29, 1.82) is 0 Å². The van der Waals surface area contributed by atoms with E-state index in [1.165, 1.54) is 28.8 Å². The lowest BCUT2D eigenvalue weighted by Gasteiger charge is -2.08. The van der Waals surface area contributed by atoms with Crippen LogP contribution in [0.3, 0.4) is 0 Å². The molecule has 3 aromatic heterocycles. The molecule has 0 radical (unpaired) electrons. The Morgan fingerprint density at radius 1 is 1.06 bits per heavy atom. The van der Waals surface area contributed by atoms with Crippen molar-refractivity contribution in [3.05, 3.63) is 54.1 Å². The second-order valence-electron chi connectivity index (χ2n) is 4.75. The van der Waals surface area contributed by atoms with Gasteiger partial charge >= 0.3 is 0 Å². The van der Waals surface area contributed by atoms with Crippen LogP contribution in [-0.4, -0.2) is 14.6 Å². The number of hydrogen-bond donors (Lipinski definition) is 0. The third-order valence-electron chi connectivity index (χ3n) is 3.70. The van der Waals surface area contributed by atoms with E-state index in [0.29, 0.717) is 0 Å². The van der Waals surface area contributed by atoms with Gasteiger partial charge in [0.2, 0.25) is 0 Å². The van der Waals surface area contributed by atoms with Crippen LogP contribution < -0.4 is 0 Å². The number of pyridine rings is 2. The minimum atomic E-state index is 1.12. The number of hydrogen-bond acceptors (Lipinski definition) is 2. The topological polar surface area (TPSA) is 30.2 Å². The molecule has 3 nitrogen and oxygen atoms in total. The Kier molecular flexibility index (Phi) is 2.00. The predicted octanol–water partition coefficient (Wildman–Crippen LogP) is 2.89. The summed E-state index contributed by atoms with van der Waals surface area (Å²) in [5, 5.41) is 4.23. The molecule has 3 aromatic rings. The van der Waals surface area contributed by atoms with Gasteiger partial charge in [-0.05, 0) is 60.2 Å². The molecule has 0 aliphatic heterocycles. The standard InChI is InChI=1S/C15H13N3/c1-2-14-13(5-7-16-15(14)3-1)11-6-9-18-12(10-11)4-8-17-18/h4-10H,1-3H2. The van der Waals surface area contributed by atoms with E-state index < -0.39 is 0 Å². The molecule has 1 aliphatic rings. The highest BCUT2D eigenvalue weighted by molar-refractivity contribution is 5.72. The minimum Gasteiger partial charge on any atom is -0.261 e. The fourth-order valence-corrected chi connectivity index (χ4v) is 2.82. The maximum Gasteiger partial charge on any atom is 0.0667 e. The zero-order valence-corrected chi connectivity index (χ0v) is 10.0. The molecule has 3 heteroatoms. The smallest absolute Gasteiger partial charge is 0.0667 e. The number of fused-ring (bicyclic) bond motifs is 2. The molecular formula is C15H13N3. The van der Waals surface area contributed by atoms with Crippen LogP contribution in [0.5, 0.6) is 0 Å². The second-order valence-corrected chi connectivity index (χ2v) is 4.75. The van der Waals surface area contributed by atoms with Crippen LogP contribution in [0.1, 0.15) is 17.7 Å². The van der Waals surface area contributed by atoms with Crippen molar-refractivity contribution in [2.75, 3.05) is 0 Å². The number of aryl methyl sites for hydroxylation is 1. The van der Waals surface area contributed by atoms with Crippen molar-refractivity contribution < 1.29 is 0 Å². The fraction of sp³-hybridized carbons (Fsp3) is 0.200. The first-order valence-corrected chi connectivity index (χ1v) is 6.32. The monoisotopic (exact) mass is 235 g/mol. The summed E-state index contributed by atoms with van der Waals surface area (Å²) in [6.07, 6.45) is 9.29.